The van der Waals surface area contributed by atoms with Crippen molar-refractivity contribution in [1.29, 1.82) is 0 Å². The number of nitrogens with two attached hydrogens (primary N) is 1. The van der Waals surface area contributed by atoms with E-state index in [1.54, 1.807) is 0 Å². The Morgan fingerprint density at radius 2 is 1.76 bits per heavy atom. The van der Waals surface area contributed by atoms with Gasteiger partial charge in [-0.3, -0.25) is 4.57 Å². The van der Waals surface area contributed by atoms with Crippen LogP contribution in [-0.2, 0) is 25.5 Å². The lowest BCUT2D eigenvalue weighted by molar-refractivity contribution is -0.192. The number of aromatic carboxylic acids is 1. The second kappa shape index (κ2) is 11.0. The van der Waals surface area contributed by atoms with E-state index in [9.17, 15) is 29.7 Å². The van der Waals surface area contributed by atoms with Gasteiger partial charge in [-0.25, -0.2) is 23.8 Å². The Morgan fingerprint density at radius 3 is 2.30 bits per heavy atom. The number of aromatic nitrogens is 3. The molecule has 3 atom stereocenters. The number of halogens is 2. The van der Waals surface area contributed by atoms with Gasteiger partial charge >= 0.3 is 17.9 Å². The first kappa shape index (κ1) is 27.7. The number of aliphatic carboxylic acids is 2. The summed E-state index contributed by atoms with van der Waals surface area (Å²) in [5, 5.41) is 39.1. The van der Waals surface area contributed by atoms with Crippen LogP contribution in [0.2, 0.25) is 5.28 Å². The number of hydrogen-bond donors (Lipinski definition) is 5. The molecule has 0 fully saturated rings. The molecule has 0 unspecified atom stereocenters. The molecule has 198 valence electrons. The number of rotatable bonds is 12. The van der Waals surface area contributed by atoms with Gasteiger partial charge in [0.1, 0.15) is 23.7 Å². The minimum absolute atomic E-state index is 0.0221. The van der Waals surface area contributed by atoms with E-state index in [0.29, 0.717) is 0 Å². The lowest BCUT2D eigenvalue weighted by Gasteiger charge is -2.30. The van der Waals surface area contributed by atoms with Gasteiger partial charge < -0.3 is 35.6 Å². The van der Waals surface area contributed by atoms with Gasteiger partial charge in [-0.1, -0.05) is 12.1 Å². The third kappa shape index (κ3) is 5.61. The number of nitrogens with zero attached hydrogens (tertiary/aromatic N) is 3. The molecule has 2 aromatic heterocycles. The van der Waals surface area contributed by atoms with Gasteiger partial charge in [0.2, 0.25) is 11.6 Å². The van der Waals surface area contributed by atoms with E-state index in [4.69, 9.17) is 31.9 Å². The summed E-state index contributed by atoms with van der Waals surface area (Å²) < 4.78 is 26.6. The van der Waals surface area contributed by atoms with Crippen molar-refractivity contribution in [2.24, 2.45) is 0 Å². The first-order valence-corrected chi connectivity index (χ1v) is 10.9. The zero-order valence-corrected chi connectivity index (χ0v) is 19.9. The molecule has 0 radical (unpaired) electrons. The van der Waals surface area contributed by atoms with Crippen molar-refractivity contribution in [1.82, 2.24) is 14.5 Å². The molecule has 0 saturated carbocycles. The van der Waals surface area contributed by atoms with Crippen LogP contribution in [0.4, 0.5) is 10.2 Å². The SMILES string of the molecule is CO[C@H](COC(Cc1ccc(C(=O)O)cc1)(C(=O)O)C(=O)O)[C@@H](O)[C@H](F)n1ccc2c(N)nc(Cl)nc21. The Kier molecular flexibility index (Phi) is 8.28. The van der Waals surface area contributed by atoms with Crippen molar-refractivity contribution in [3.05, 3.63) is 52.9 Å². The minimum atomic E-state index is -2.86. The quantitative estimate of drug-likeness (QED) is 0.163. The summed E-state index contributed by atoms with van der Waals surface area (Å²) in [6, 6.07) is 6.22. The predicted octanol–water partition coefficient (Wildman–Crippen LogP) is 1.38. The fourth-order valence-corrected chi connectivity index (χ4v) is 3.74. The van der Waals surface area contributed by atoms with Crippen molar-refractivity contribution in [3.8, 4) is 0 Å². The molecular formula is C22H22ClFN4O9. The number of aliphatic hydroxyl groups excluding tert-OH is 1. The number of carbonyl (C=O) groups is 3. The molecule has 15 heteroatoms. The maximum absolute atomic E-state index is 15.3. The molecule has 0 spiro atoms. The van der Waals surface area contributed by atoms with Crippen molar-refractivity contribution in [2.75, 3.05) is 19.5 Å². The number of carboxylic acid groups (broad SMARTS) is 3. The average Bonchev–Trinajstić information content (AvgIpc) is 3.27. The van der Waals surface area contributed by atoms with Crippen LogP contribution in [0.25, 0.3) is 11.0 Å². The number of carboxylic acids is 3. The molecular weight excluding hydrogens is 519 g/mol. The lowest BCUT2D eigenvalue weighted by atomic mass is 9.93. The first-order valence-electron chi connectivity index (χ1n) is 10.5. The van der Waals surface area contributed by atoms with Crippen molar-refractivity contribution < 1.29 is 48.7 Å². The highest BCUT2D eigenvalue weighted by Crippen LogP contribution is 2.28. The van der Waals surface area contributed by atoms with Gasteiger partial charge in [0.05, 0.1) is 17.6 Å². The summed E-state index contributed by atoms with van der Waals surface area (Å²) in [6.45, 7) is -0.846. The van der Waals surface area contributed by atoms with Crippen molar-refractivity contribution in [3.63, 3.8) is 0 Å². The molecule has 1 aromatic carbocycles. The lowest BCUT2D eigenvalue weighted by Crippen LogP contribution is -2.53. The third-order valence-corrected chi connectivity index (χ3v) is 5.81. The van der Waals surface area contributed by atoms with Crippen LogP contribution in [0.1, 0.15) is 22.2 Å². The number of hydrogen-bond acceptors (Lipinski definition) is 9. The largest absolute Gasteiger partial charge is 0.479 e. The van der Waals surface area contributed by atoms with E-state index in [0.717, 1.165) is 11.7 Å². The van der Waals surface area contributed by atoms with Crippen LogP contribution in [-0.4, -0.2) is 84.4 Å². The maximum atomic E-state index is 15.3. The molecule has 0 saturated heterocycles. The molecule has 3 rings (SSSR count). The van der Waals surface area contributed by atoms with Gasteiger partial charge in [-0.05, 0) is 35.4 Å². The number of fused-ring (bicyclic) bond motifs is 1. The van der Waals surface area contributed by atoms with Gasteiger partial charge in [0.25, 0.3) is 5.60 Å². The summed E-state index contributed by atoms with van der Waals surface area (Å²) in [7, 11) is 1.09. The smallest absolute Gasteiger partial charge is 0.348 e. The number of benzene rings is 1. The van der Waals surface area contributed by atoms with E-state index in [-0.39, 0.29) is 33.3 Å². The van der Waals surface area contributed by atoms with Crippen LogP contribution >= 0.6 is 11.6 Å². The Hall–Kier alpha value is -3.85. The second-order valence-electron chi connectivity index (χ2n) is 7.90. The standard InChI is InChI=1S/C22H22ClFN4O9/c1-36-13(14(29)15(24)28-7-6-12-16(25)26-21(23)27-17(12)28)9-37-22(19(32)33,20(34)35)8-10-2-4-11(5-3-10)18(30)31/h2-7,13-15,29H,8-9H2,1H3,(H,30,31)(H,32,33)(H,34,35)(H2,25,26,27)/t13-,14-,15-/m1/s1. The van der Waals surface area contributed by atoms with Crippen LogP contribution in [0, 0.1) is 0 Å². The van der Waals surface area contributed by atoms with Crippen LogP contribution in [0.3, 0.4) is 0 Å². The fourth-order valence-electron chi connectivity index (χ4n) is 3.57. The highest BCUT2D eigenvalue weighted by atomic mass is 35.5. The zero-order valence-electron chi connectivity index (χ0n) is 19.1. The monoisotopic (exact) mass is 540 g/mol. The molecule has 0 aliphatic heterocycles. The van der Waals surface area contributed by atoms with Crippen molar-refractivity contribution >= 4 is 46.4 Å². The van der Waals surface area contributed by atoms with Gasteiger partial charge in [0.15, 0.2) is 0 Å². The molecule has 0 amide bonds. The molecule has 6 N–H and O–H groups in total. The number of aliphatic hydroxyl groups is 1. The summed E-state index contributed by atoms with van der Waals surface area (Å²) in [6.07, 6.45) is -5.21. The zero-order chi connectivity index (χ0) is 27.5. The molecule has 0 aliphatic rings. The molecule has 37 heavy (non-hydrogen) atoms. The van der Waals surface area contributed by atoms with E-state index in [2.05, 4.69) is 9.97 Å². The molecule has 2 heterocycles. The normalized spacial score (nSPS) is 14.3. The van der Waals surface area contributed by atoms with Crippen LogP contribution in [0.5, 0.6) is 0 Å². The number of alkyl halides is 1. The van der Waals surface area contributed by atoms with Crippen molar-refractivity contribution in [2.45, 2.75) is 30.5 Å². The molecule has 13 nitrogen and oxygen atoms in total. The average molecular weight is 541 g/mol. The summed E-state index contributed by atoms with van der Waals surface area (Å²) in [4.78, 5) is 42.7. The number of ether oxygens (including phenoxy) is 2. The maximum Gasteiger partial charge on any atom is 0.348 e. The highest BCUT2D eigenvalue weighted by Gasteiger charge is 2.49. The predicted molar refractivity (Wildman–Crippen MR) is 125 cm³/mol. The summed E-state index contributed by atoms with van der Waals surface area (Å²) in [5.74, 6) is -5.00. The Morgan fingerprint density at radius 1 is 1.14 bits per heavy atom. The van der Waals surface area contributed by atoms with Crippen LogP contribution < -0.4 is 5.73 Å². The number of methoxy groups -OCH3 is 1. The highest BCUT2D eigenvalue weighted by molar-refractivity contribution is 6.28. The fraction of sp³-hybridized carbons (Fsp3) is 0.318. The Balaban J connectivity index is 1.84. The number of nitrogen functional groups attached to an aromatic ring is 1. The van der Waals surface area contributed by atoms with Gasteiger partial charge in [0, 0.05) is 19.7 Å². The molecule has 0 aliphatic carbocycles. The minimum Gasteiger partial charge on any atom is -0.479 e. The summed E-state index contributed by atoms with van der Waals surface area (Å²) >= 11 is 5.79. The topological polar surface area (TPSA) is 207 Å². The summed E-state index contributed by atoms with van der Waals surface area (Å²) in [5.41, 5.74) is 2.91. The van der Waals surface area contributed by atoms with E-state index in [1.807, 2.05) is 0 Å². The Labute approximate surface area is 212 Å². The van der Waals surface area contributed by atoms with Gasteiger partial charge in [-0.15, -0.1) is 0 Å². The third-order valence-electron chi connectivity index (χ3n) is 5.64. The molecule has 0 bridgehead atoms. The van der Waals surface area contributed by atoms with Crippen LogP contribution in [0.15, 0.2) is 36.5 Å². The molecule has 3 aromatic rings. The van der Waals surface area contributed by atoms with E-state index < -0.39 is 55.0 Å². The van der Waals surface area contributed by atoms with E-state index >= 15 is 4.39 Å². The van der Waals surface area contributed by atoms with E-state index in [1.165, 1.54) is 36.5 Å². The second-order valence-corrected chi connectivity index (χ2v) is 8.24. The number of anilines is 1. The first-order chi connectivity index (χ1) is 17.4. The Bertz CT molecular complexity index is 1300. The van der Waals surface area contributed by atoms with Gasteiger partial charge in [-0.2, -0.15) is 4.98 Å².